The number of halogens is 2. The molecule has 0 heterocycles. The van der Waals surface area contributed by atoms with E-state index in [-0.39, 0.29) is 5.75 Å². The molecule has 1 rings (SSSR count). The maximum atomic E-state index is 11.7. The minimum absolute atomic E-state index is 0.0178. The Morgan fingerprint density at radius 2 is 1.85 bits per heavy atom. The Kier molecular flexibility index (Phi) is 3.32. The van der Waals surface area contributed by atoms with Crippen LogP contribution in [0.5, 0.6) is 5.75 Å². The highest BCUT2D eigenvalue weighted by molar-refractivity contribution is 7.82. The van der Waals surface area contributed by atoms with Crippen molar-refractivity contribution in [2.45, 2.75) is 11.5 Å². The molecule has 13 heavy (non-hydrogen) atoms. The number of rotatable bonds is 3. The van der Waals surface area contributed by atoms with Crippen LogP contribution in [0.25, 0.3) is 0 Å². The number of hydrogen-bond acceptors (Lipinski definition) is 2. The largest absolute Gasteiger partial charge is 0.435 e. The zero-order valence-electron chi connectivity index (χ0n) is 6.44. The van der Waals surface area contributed by atoms with Gasteiger partial charge in [0.2, 0.25) is 0 Å². The van der Waals surface area contributed by atoms with Crippen LogP contribution in [0.15, 0.2) is 29.2 Å². The first-order chi connectivity index (χ1) is 6.09. The fourth-order valence-electron chi connectivity index (χ4n) is 0.755. The standard InChI is InChI=1S/C7H7F2NO2S/c8-7(9)12-5-1-3-6(4-2-5)13(10)11/h1-4,7H,10H2. The van der Waals surface area contributed by atoms with Crippen molar-refractivity contribution < 1.29 is 17.7 Å². The molecule has 0 aliphatic heterocycles. The van der Waals surface area contributed by atoms with Gasteiger partial charge in [0.25, 0.3) is 0 Å². The van der Waals surface area contributed by atoms with E-state index in [0.29, 0.717) is 4.90 Å². The average Bonchev–Trinajstić information content (AvgIpc) is 2.04. The maximum absolute atomic E-state index is 11.7. The quantitative estimate of drug-likeness (QED) is 0.811. The predicted molar refractivity (Wildman–Crippen MR) is 43.7 cm³/mol. The van der Waals surface area contributed by atoms with Crippen LogP contribution < -0.4 is 9.88 Å². The lowest BCUT2D eigenvalue weighted by Gasteiger charge is -2.03. The topological polar surface area (TPSA) is 52.3 Å². The molecule has 0 spiro atoms. The lowest BCUT2D eigenvalue weighted by molar-refractivity contribution is -0.0498. The summed E-state index contributed by atoms with van der Waals surface area (Å²) in [6, 6.07) is 5.31. The van der Waals surface area contributed by atoms with Crippen molar-refractivity contribution in [3.05, 3.63) is 24.3 Å². The van der Waals surface area contributed by atoms with Gasteiger partial charge in [0, 0.05) is 0 Å². The first kappa shape index (κ1) is 10.1. The maximum Gasteiger partial charge on any atom is 0.387 e. The summed E-state index contributed by atoms with van der Waals surface area (Å²) in [7, 11) is -1.59. The van der Waals surface area contributed by atoms with Crippen LogP contribution in [0.2, 0.25) is 0 Å². The van der Waals surface area contributed by atoms with E-state index in [1.807, 2.05) is 0 Å². The van der Waals surface area contributed by atoms with Crippen LogP contribution in [0.1, 0.15) is 0 Å². The van der Waals surface area contributed by atoms with Gasteiger partial charge in [0.05, 0.1) is 4.90 Å². The van der Waals surface area contributed by atoms with E-state index in [4.69, 9.17) is 5.14 Å². The van der Waals surface area contributed by atoms with E-state index in [1.54, 1.807) is 0 Å². The van der Waals surface area contributed by atoms with Crippen molar-refractivity contribution in [1.82, 2.24) is 0 Å². The SMILES string of the molecule is NS(=O)c1ccc(OC(F)F)cc1. The number of benzene rings is 1. The van der Waals surface area contributed by atoms with Gasteiger partial charge in [0.15, 0.2) is 0 Å². The Bertz CT molecular complexity index is 302. The summed E-state index contributed by atoms with van der Waals surface area (Å²) in [5.41, 5.74) is 0. The smallest absolute Gasteiger partial charge is 0.387 e. The van der Waals surface area contributed by atoms with Crippen LogP contribution in [0.3, 0.4) is 0 Å². The van der Waals surface area contributed by atoms with Crippen molar-refractivity contribution in [3.8, 4) is 5.75 Å². The van der Waals surface area contributed by atoms with Crippen molar-refractivity contribution in [3.63, 3.8) is 0 Å². The third-order valence-electron chi connectivity index (χ3n) is 1.28. The Hall–Kier alpha value is -1.01. The van der Waals surface area contributed by atoms with E-state index >= 15 is 0 Å². The molecule has 0 saturated heterocycles. The van der Waals surface area contributed by atoms with Crippen LogP contribution in [-0.2, 0) is 11.0 Å². The zero-order chi connectivity index (χ0) is 9.84. The summed E-state index contributed by atoms with van der Waals surface area (Å²) in [6.45, 7) is -2.85. The van der Waals surface area contributed by atoms with Crippen molar-refractivity contribution in [2.24, 2.45) is 5.14 Å². The van der Waals surface area contributed by atoms with Gasteiger partial charge in [0.1, 0.15) is 16.7 Å². The lowest BCUT2D eigenvalue weighted by atomic mass is 10.3. The molecule has 0 bridgehead atoms. The minimum Gasteiger partial charge on any atom is -0.435 e. The second kappa shape index (κ2) is 4.29. The average molecular weight is 207 g/mol. The molecular weight excluding hydrogens is 200 g/mol. The highest BCUT2D eigenvalue weighted by Gasteiger charge is 2.04. The van der Waals surface area contributed by atoms with Gasteiger partial charge in [-0.25, -0.2) is 9.35 Å². The molecule has 72 valence electrons. The Labute approximate surface area is 76.1 Å². The highest BCUT2D eigenvalue weighted by atomic mass is 32.2. The molecule has 0 aliphatic carbocycles. The monoisotopic (exact) mass is 207 g/mol. The summed E-state index contributed by atoms with van der Waals surface area (Å²) in [5, 5.41) is 5.05. The van der Waals surface area contributed by atoms with Crippen molar-refractivity contribution >= 4 is 11.0 Å². The second-order valence-corrected chi connectivity index (χ2v) is 3.21. The van der Waals surface area contributed by atoms with E-state index in [2.05, 4.69) is 4.74 Å². The van der Waals surface area contributed by atoms with Crippen LogP contribution in [0, 0.1) is 0 Å². The fraction of sp³-hybridized carbons (Fsp3) is 0.143. The highest BCUT2D eigenvalue weighted by Crippen LogP contribution is 2.15. The van der Waals surface area contributed by atoms with Gasteiger partial charge in [-0.1, -0.05) is 0 Å². The zero-order valence-corrected chi connectivity index (χ0v) is 7.26. The van der Waals surface area contributed by atoms with E-state index < -0.39 is 17.6 Å². The summed E-state index contributed by atoms with van der Waals surface area (Å²) >= 11 is 0. The first-order valence-corrected chi connectivity index (χ1v) is 4.52. The lowest BCUT2D eigenvalue weighted by Crippen LogP contribution is -2.04. The van der Waals surface area contributed by atoms with Gasteiger partial charge < -0.3 is 4.74 Å². The minimum atomic E-state index is -2.85. The molecular formula is C7H7F2NO2S. The molecule has 0 aromatic heterocycles. The molecule has 0 saturated carbocycles. The van der Waals surface area contributed by atoms with Gasteiger partial charge in [-0.05, 0) is 24.3 Å². The van der Waals surface area contributed by atoms with Gasteiger partial charge in [-0.15, -0.1) is 0 Å². The van der Waals surface area contributed by atoms with Crippen molar-refractivity contribution in [2.75, 3.05) is 0 Å². The Morgan fingerprint density at radius 3 is 2.23 bits per heavy atom. The molecule has 3 nitrogen and oxygen atoms in total. The normalized spacial score (nSPS) is 12.9. The molecule has 0 aliphatic rings. The van der Waals surface area contributed by atoms with Gasteiger partial charge in [-0.2, -0.15) is 8.78 Å². The van der Waals surface area contributed by atoms with Crippen LogP contribution in [-0.4, -0.2) is 10.8 Å². The third-order valence-corrected chi connectivity index (χ3v) is 2.02. The van der Waals surface area contributed by atoms with Crippen LogP contribution >= 0.6 is 0 Å². The Balaban J connectivity index is 2.75. The van der Waals surface area contributed by atoms with Gasteiger partial charge >= 0.3 is 6.61 Å². The summed E-state index contributed by atoms with van der Waals surface area (Å²) in [6.07, 6.45) is 0. The molecule has 0 fully saturated rings. The third kappa shape index (κ3) is 3.08. The second-order valence-electron chi connectivity index (χ2n) is 2.15. The molecule has 2 N–H and O–H groups in total. The molecule has 0 amide bonds. The van der Waals surface area contributed by atoms with Gasteiger partial charge in [-0.3, -0.25) is 0 Å². The molecule has 1 aromatic carbocycles. The van der Waals surface area contributed by atoms with E-state index in [9.17, 15) is 13.0 Å². The molecule has 1 atom stereocenters. The number of hydrogen-bond donors (Lipinski definition) is 1. The number of alkyl halides is 2. The summed E-state index contributed by atoms with van der Waals surface area (Å²) in [4.78, 5) is 0.363. The van der Waals surface area contributed by atoms with Crippen molar-refractivity contribution in [1.29, 1.82) is 0 Å². The number of ether oxygens (including phenoxy) is 1. The van der Waals surface area contributed by atoms with Crippen LogP contribution in [0.4, 0.5) is 8.78 Å². The van der Waals surface area contributed by atoms with E-state index in [0.717, 1.165) is 0 Å². The number of nitrogens with two attached hydrogens (primary N) is 1. The molecule has 1 aromatic rings. The fourth-order valence-corrected chi connectivity index (χ4v) is 1.16. The first-order valence-electron chi connectivity index (χ1n) is 3.30. The molecule has 1 unspecified atom stereocenters. The summed E-state index contributed by atoms with van der Waals surface area (Å²) < 4.78 is 38.1. The van der Waals surface area contributed by atoms with E-state index in [1.165, 1.54) is 24.3 Å². The summed E-state index contributed by atoms with van der Waals surface area (Å²) in [5.74, 6) is 0.0178. The molecule has 6 heteroatoms. The Morgan fingerprint density at radius 1 is 1.31 bits per heavy atom. The predicted octanol–water partition coefficient (Wildman–Crippen LogP) is 1.27. The molecule has 0 radical (unpaired) electrons.